The van der Waals surface area contributed by atoms with E-state index in [9.17, 15) is 8.42 Å². The van der Waals surface area contributed by atoms with E-state index in [0.717, 1.165) is 24.1 Å². The van der Waals surface area contributed by atoms with Gasteiger partial charge in [0.2, 0.25) is 0 Å². The van der Waals surface area contributed by atoms with Crippen LogP contribution in [-0.2, 0) is 16.6 Å². The summed E-state index contributed by atoms with van der Waals surface area (Å²) in [5.41, 5.74) is 8.14. The predicted octanol–water partition coefficient (Wildman–Crippen LogP) is 1.61. The first kappa shape index (κ1) is 14.1. The minimum absolute atomic E-state index is 0.0727. The zero-order chi connectivity index (χ0) is 14.2. The maximum absolute atomic E-state index is 12.6. The number of anilines is 2. The van der Waals surface area contributed by atoms with E-state index in [2.05, 4.69) is 0 Å². The number of nitrogens with zero attached hydrogens (tertiary/aromatic N) is 2. The molecule has 1 aromatic carbocycles. The first-order valence-electron chi connectivity index (χ1n) is 6.48. The van der Waals surface area contributed by atoms with Crippen LogP contribution in [0, 0.1) is 0 Å². The van der Waals surface area contributed by atoms with E-state index in [4.69, 9.17) is 5.73 Å². The van der Waals surface area contributed by atoms with E-state index in [-0.39, 0.29) is 6.04 Å². The summed E-state index contributed by atoms with van der Waals surface area (Å²) < 4.78 is 28.1. The lowest BCUT2D eigenvalue weighted by Gasteiger charge is -2.35. The molecule has 1 aliphatic heterocycles. The van der Waals surface area contributed by atoms with Crippen molar-refractivity contribution in [2.75, 3.05) is 23.6 Å². The Morgan fingerprint density at radius 3 is 2.68 bits per heavy atom. The van der Waals surface area contributed by atoms with Gasteiger partial charge in [0.05, 0.1) is 5.69 Å². The largest absolute Gasteiger partial charge is 0.399 e. The van der Waals surface area contributed by atoms with Crippen LogP contribution in [0.1, 0.15) is 25.8 Å². The van der Waals surface area contributed by atoms with Crippen LogP contribution in [0.25, 0.3) is 0 Å². The minimum Gasteiger partial charge on any atom is -0.399 e. The van der Waals surface area contributed by atoms with E-state index >= 15 is 0 Å². The van der Waals surface area contributed by atoms with E-state index < -0.39 is 10.2 Å². The lowest BCUT2D eigenvalue weighted by atomic mass is 10.0. The van der Waals surface area contributed by atoms with Gasteiger partial charge in [-0.05, 0) is 44.4 Å². The number of aryl methyl sites for hydroxylation is 1. The van der Waals surface area contributed by atoms with Gasteiger partial charge in [-0.1, -0.05) is 6.07 Å². The van der Waals surface area contributed by atoms with Gasteiger partial charge >= 0.3 is 10.2 Å². The molecule has 6 heteroatoms. The molecule has 0 amide bonds. The van der Waals surface area contributed by atoms with Crippen molar-refractivity contribution in [1.82, 2.24) is 4.31 Å². The highest BCUT2D eigenvalue weighted by molar-refractivity contribution is 7.90. The minimum atomic E-state index is -3.48. The van der Waals surface area contributed by atoms with E-state index in [1.807, 2.05) is 26.0 Å². The van der Waals surface area contributed by atoms with Crippen molar-refractivity contribution in [3.8, 4) is 0 Å². The predicted molar refractivity (Wildman–Crippen MR) is 78.3 cm³/mol. The summed E-state index contributed by atoms with van der Waals surface area (Å²) in [5, 5.41) is 0. The van der Waals surface area contributed by atoms with Crippen molar-refractivity contribution < 1.29 is 8.42 Å². The second kappa shape index (κ2) is 5.02. The second-order valence-electron chi connectivity index (χ2n) is 5.18. The zero-order valence-electron chi connectivity index (χ0n) is 11.6. The summed E-state index contributed by atoms with van der Waals surface area (Å²) in [5.74, 6) is 0. The fourth-order valence-electron chi connectivity index (χ4n) is 2.22. The molecule has 0 fully saturated rings. The summed E-state index contributed by atoms with van der Waals surface area (Å²) in [6.45, 7) is 4.24. The first-order chi connectivity index (χ1) is 8.84. The number of benzene rings is 1. The van der Waals surface area contributed by atoms with Gasteiger partial charge in [-0.25, -0.2) is 0 Å². The highest BCUT2D eigenvalue weighted by atomic mass is 32.2. The Kier molecular flexibility index (Phi) is 3.73. The normalized spacial score (nSPS) is 15.9. The van der Waals surface area contributed by atoms with Gasteiger partial charge in [0.15, 0.2) is 0 Å². The smallest absolute Gasteiger partial charge is 0.304 e. The average molecular weight is 283 g/mol. The van der Waals surface area contributed by atoms with Gasteiger partial charge in [-0.15, -0.1) is 0 Å². The summed E-state index contributed by atoms with van der Waals surface area (Å²) >= 11 is 0. The van der Waals surface area contributed by atoms with Crippen LogP contribution in [0.3, 0.4) is 0 Å². The number of fused-ring (bicyclic) bond motifs is 1. The number of hydrogen-bond acceptors (Lipinski definition) is 3. The fourth-order valence-corrected chi connectivity index (χ4v) is 3.84. The molecule has 106 valence electrons. The molecule has 0 saturated heterocycles. The van der Waals surface area contributed by atoms with Gasteiger partial charge in [-0.2, -0.15) is 12.7 Å². The Morgan fingerprint density at radius 1 is 1.37 bits per heavy atom. The van der Waals surface area contributed by atoms with E-state index in [0.29, 0.717) is 12.2 Å². The highest BCUT2D eigenvalue weighted by Gasteiger charge is 2.32. The number of nitrogen functional groups attached to an aromatic ring is 1. The molecule has 0 aliphatic carbocycles. The molecule has 19 heavy (non-hydrogen) atoms. The van der Waals surface area contributed by atoms with Crippen LogP contribution in [-0.4, -0.2) is 32.4 Å². The van der Waals surface area contributed by atoms with Crippen LogP contribution in [0.15, 0.2) is 18.2 Å². The van der Waals surface area contributed by atoms with Crippen molar-refractivity contribution in [3.63, 3.8) is 0 Å². The molecule has 0 saturated carbocycles. The molecule has 0 spiro atoms. The molecule has 0 radical (unpaired) electrons. The Balaban J connectivity index is 2.46. The number of hydrogen-bond donors (Lipinski definition) is 1. The van der Waals surface area contributed by atoms with Crippen molar-refractivity contribution in [2.45, 2.75) is 32.7 Å². The maximum Gasteiger partial charge on any atom is 0.304 e. The zero-order valence-corrected chi connectivity index (χ0v) is 12.4. The SMILES string of the molecule is CC(C)N(C)S(=O)(=O)N1CCCc2ccc(N)cc21. The molecular formula is C13H21N3O2S. The Labute approximate surface area is 115 Å². The van der Waals surface area contributed by atoms with Crippen LogP contribution < -0.4 is 10.0 Å². The molecule has 0 atom stereocenters. The third-order valence-electron chi connectivity index (χ3n) is 3.56. The van der Waals surface area contributed by atoms with Gasteiger partial charge < -0.3 is 5.73 Å². The maximum atomic E-state index is 12.6. The fraction of sp³-hybridized carbons (Fsp3) is 0.538. The van der Waals surface area contributed by atoms with Crippen molar-refractivity contribution in [3.05, 3.63) is 23.8 Å². The molecule has 1 aliphatic rings. The lowest BCUT2D eigenvalue weighted by molar-refractivity contribution is 0.407. The van der Waals surface area contributed by atoms with E-state index in [1.54, 1.807) is 13.1 Å². The summed E-state index contributed by atoms with van der Waals surface area (Å²) in [4.78, 5) is 0. The Hall–Kier alpha value is -1.27. The molecule has 0 aromatic heterocycles. The Morgan fingerprint density at radius 2 is 2.05 bits per heavy atom. The van der Waals surface area contributed by atoms with Gasteiger partial charge in [-0.3, -0.25) is 4.31 Å². The van der Waals surface area contributed by atoms with Crippen LogP contribution in [0.4, 0.5) is 11.4 Å². The Bertz CT molecular complexity index is 569. The monoisotopic (exact) mass is 283 g/mol. The molecule has 1 aromatic rings. The van der Waals surface area contributed by atoms with Crippen molar-refractivity contribution >= 4 is 21.6 Å². The van der Waals surface area contributed by atoms with Crippen LogP contribution in [0.2, 0.25) is 0 Å². The lowest BCUT2D eigenvalue weighted by Crippen LogP contribution is -2.46. The molecule has 1 heterocycles. The summed E-state index contributed by atoms with van der Waals surface area (Å²) in [6, 6.07) is 5.42. The van der Waals surface area contributed by atoms with Crippen molar-refractivity contribution in [2.24, 2.45) is 0 Å². The number of nitrogens with two attached hydrogens (primary N) is 1. The van der Waals surface area contributed by atoms with Gasteiger partial charge in [0.1, 0.15) is 0 Å². The van der Waals surface area contributed by atoms with Gasteiger partial charge in [0.25, 0.3) is 0 Å². The molecule has 0 bridgehead atoms. The molecule has 5 nitrogen and oxygen atoms in total. The summed E-state index contributed by atoms with van der Waals surface area (Å²) in [7, 11) is -1.87. The summed E-state index contributed by atoms with van der Waals surface area (Å²) in [6.07, 6.45) is 1.73. The van der Waals surface area contributed by atoms with E-state index in [1.165, 1.54) is 8.61 Å². The van der Waals surface area contributed by atoms with Crippen LogP contribution in [0.5, 0.6) is 0 Å². The molecule has 0 unspecified atom stereocenters. The van der Waals surface area contributed by atoms with Gasteiger partial charge in [0, 0.05) is 25.3 Å². The topological polar surface area (TPSA) is 66.6 Å². The quantitative estimate of drug-likeness (QED) is 0.857. The molecule has 2 rings (SSSR count). The van der Waals surface area contributed by atoms with Crippen molar-refractivity contribution in [1.29, 1.82) is 0 Å². The molecule has 2 N–H and O–H groups in total. The second-order valence-corrected chi connectivity index (χ2v) is 7.09. The third kappa shape index (κ3) is 2.55. The average Bonchev–Trinajstić information content (AvgIpc) is 2.36. The first-order valence-corrected chi connectivity index (χ1v) is 7.88. The highest BCUT2D eigenvalue weighted by Crippen LogP contribution is 2.32. The molecular weight excluding hydrogens is 262 g/mol. The standard InChI is InChI=1S/C13H21N3O2S/c1-10(2)15(3)19(17,18)16-8-4-5-11-6-7-12(14)9-13(11)16/h6-7,9-10H,4-5,8,14H2,1-3H3. The number of rotatable bonds is 3. The van der Waals surface area contributed by atoms with Crippen LogP contribution >= 0.6 is 0 Å². The third-order valence-corrected chi connectivity index (χ3v) is 5.64.